The molecule has 0 amide bonds. The fourth-order valence-corrected chi connectivity index (χ4v) is 1.96. The highest BCUT2D eigenvalue weighted by atomic mass is 19.1. The highest BCUT2D eigenvalue weighted by Gasteiger charge is 2.19. The molecule has 17 heavy (non-hydrogen) atoms. The molecule has 0 heterocycles. The summed E-state index contributed by atoms with van der Waals surface area (Å²) in [7, 11) is 1.48. The average molecular weight is 232 g/mol. The molecule has 2 nitrogen and oxygen atoms in total. The molecule has 0 bridgehead atoms. The van der Waals surface area contributed by atoms with E-state index in [1.807, 2.05) is 12.2 Å². The SMILES string of the molecule is COc1c(C)cc(F)cc1C(=O)C1=CC=CC1. The number of carbonyl (C=O) groups excluding carboxylic acids is 1. The minimum Gasteiger partial charge on any atom is -0.496 e. The van der Waals surface area contributed by atoms with E-state index in [2.05, 4.69) is 0 Å². The number of Topliss-reactive ketones (excluding diaryl/α,β-unsaturated/α-hetero) is 1. The van der Waals surface area contributed by atoms with Gasteiger partial charge in [-0.3, -0.25) is 4.79 Å². The van der Waals surface area contributed by atoms with Crippen LogP contribution in [-0.4, -0.2) is 12.9 Å². The zero-order valence-corrected chi connectivity index (χ0v) is 9.79. The molecule has 1 aliphatic carbocycles. The van der Waals surface area contributed by atoms with Crippen LogP contribution >= 0.6 is 0 Å². The summed E-state index contributed by atoms with van der Waals surface area (Å²) >= 11 is 0. The monoisotopic (exact) mass is 232 g/mol. The molecule has 0 fully saturated rings. The fourth-order valence-electron chi connectivity index (χ4n) is 1.96. The van der Waals surface area contributed by atoms with E-state index in [9.17, 15) is 9.18 Å². The lowest BCUT2D eigenvalue weighted by atomic mass is 9.99. The van der Waals surface area contributed by atoms with Crippen LogP contribution in [0.4, 0.5) is 4.39 Å². The third-order valence-electron chi connectivity index (χ3n) is 2.75. The van der Waals surface area contributed by atoms with Gasteiger partial charge in [-0.1, -0.05) is 18.2 Å². The third-order valence-corrected chi connectivity index (χ3v) is 2.75. The number of methoxy groups -OCH3 is 1. The fraction of sp³-hybridized carbons (Fsp3) is 0.214. The van der Waals surface area contributed by atoms with Gasteiger partial charge >= 0.3 is 0 Å². The molecule has 0 saturated carbocycles. The Morgan fingerprint density at radius 1 is 1.41 bits per heavy atom. The Balaban J connectivity index is 2.47. The summed E-state index contributed by atoms with van der Waals surface area (Å²) < 4.78 is 18.5. The maximum Gasteiger partial charge on any atom is 0.193 e. The maximum absolute atomic E-state index is 13.3. The Kier molecular flexibility index (Phi) is 3.09. The van der Waals surface area contributed by atoms with Crippen molar-refractivity contribution in [3.8, 4) is 5.75 Å². The van der Waals surface area contributed by atoms with E-state index in [4.69, 9.17) is 4.74 Å². The second kappa shape index (κ2) is 4.53. The Hall–Kier alpha value is -1.90. The lowest BCUT2D eigenvalue weighted by Crippen LogP contribution is -2.06. The number of ketones is 1. The zero-order chi connectivity index (χ0) is 12.4. The number of allylic oxidation sites excluding steroid dienone is 4. The smallest absolute Gasteiger partial charge is 0.193 e. The molecular weight excluding hydrogens is 219 g/mol. The number of hydrogen-bond donors (Lipinski definition) is 0. The molecule has 0 aromatic heterocycles. The summed E-state index contributed by atoms with van der Waals surface area (Å²) in [6, 6.07) is 2.59. The minimum atomic E-state index is -0.418. The summed E-state index contributed by atoms with van der Waals surface area (Å²) in [5.74, 6) is -0.142. The number of carbonyl (C=O) groups is 1. The van der Waals surface area contributed by atoms with Crippen molar-refractivity contribution in [2.45, 2.75) is 13.3 Å². The van der Waals surface area contributed by atoms with Gasteiger partial charge in [-0.2, -0.15) is 0 Å². The molecule has 0 atom stereocenters. The average Bonchev–Trinajstić information content (AvgIpc) is 2.80. The maximum atomic E-state index is 13.3. The number of aryl methyl sites for hydroxylation is 1. The zero-order valence-electron chi connectivity index (χ0n) is 9.79. The number of hydrogen-bond acceptors (Lipinski definition) is 2. The van der Waals surface area contributed by atoms with Crippen molar-refractivity contribution < 1.29 is 13.9 Å². The Labute approximate surface area is 99.4 Å². The van der Waals surface area contributed by atoms with Crippen LogP contribution in [-0.2, 0) is 0 Å². The highest BCUT2D eigenvalue weighted by Crippen LogP contribution is 2.28. The molecule has 1 aliphatic rings. The first-order valence-corrected chi connectivity index (χ1v) is 5.38. The first-order chi connectivity index (χ1) is 8.13. The van der Waals surface area contributed by atoms with E-state index in [1.54, 1.807) is 13.0 Å². The van der Waals surface area contributed by atoms with Crippen LogP contribution in [0.3, 0.4) is 0 Å². The van der Waals surface area contributed by atoms with Gasteiger partial charge in [-0.25, -0.2) is 4.39 Å². The first-order valence-electron chi connectivity index (χ1n) is 5.38. The van der Waals surface area contributed by atoms with Crippen molar-refractivity contribution in [1.29, 1.82) is 0 Å². The van der Waals surface area contributed by atoms with Gasteiger partial charge in [0, 0.05) is 5.57 Å². The molecule has 0 aliphatic heterocycles. The van der Waals surface area contributed by atoms with Crippen LogP contribution in [0.25, 0.3) is 0 Å². The Morgan fingerprint density at radius 3 is 2.76 bits per heavy atom. The van der Waals surface area contributed by atoms with Crippen LogP contribution in [0, 0.1) is 12.7 Å². The molecular formula is C14H13FO2. The molecule has 1 aromatic carbocycles. The topological polar surface area (TPSA) is 26.3 Å². The van der Waals surface area contributed by atoms with Gasteiger partial charge in [0.25, 0.3) is 0 Å². The second-order valence-electron chi connectivity index (χ2n) is 3.96. The van der Waals surface area contributed by atoms with Crippen molar-refractivity contribution in [2.24, 2.45) is 0 Å². The van der Waals surface area contributed by atoms with Crippen LogP contribution in [0.15, 0.2) is 35.9 Å². The summed E-state index contributed by atoms with van der Waals surface area (Å²) in [6.45, 7) is 1.72. The molecule has 2 rings (SSSR count). The third kappa shape index (κ3) is 2.13. The van der Waals surface area contributed by atoms with Crippen molar-refractivity contribution in [1.82, 2.24) is 0 Å². The molecule has 0 radical (unpaired) electrons. The van der Waals surface area contributed by atoms with Crippen LogP contribution in [0.1, 0.15) is 22.3 Å². The summed E-state index contributed by atoms with van der Waals surface area (Å²) in [5.41, 5.74) is 1.58. The molecule has 88 valence electrons. The van der Waals surface area contributed by atoms with E-state index in [0.717, 1.165) is 0 Å². The van der Waals surface area contributed by atoms with Gasteiger partial charge in [0.1, 0.15) is 11.6 Å². The predicted molar refractivity (Wildman–Crippen MR) is 63.9 cm³/mol. The van der Waals surface area contributed by atoms with Crippen LogP contribution in [0.5, 0.6) is 5.75 Å². The number of halogens is 1. The van der Waals surface area contributed by atoms with Gasteiger partial charge in [0.2, 0.25) is 0 Å². The molecule has 1 aromatic rings. The molecule has 0 N–H and O–H groups in total. The van der Waals surface area contributed by atoms with E-state index < -0.39 is 5.82 Å². The van der Waals surface area contributed by atoms with Gasteiger partial charge < -0.3 is 4.74 Å². The predicted octanol–water partition coefficient (Wildman–Crippen LogP) is 3.21. The van der Waals surface area contributed by atoms with Gasteiger partial charge in [0.15, 0.2) is 5.78 Å². The molecule has 0 spiro atoms. The number of ether oxygens (including phenoxy) is 1. The molecule has 0 saturated heterocycles. The van der Waals surface area contributed by atoms with Crippen LogP contribution in [0.2, 0.25) is 0 Å². The number of benzene rings is 1. The first kappa shape index (κ1) is 11.6. The standard InChI is InChI=1S/C14H13FO2/c1-9-7-11(15)8-12(14(9)17-2)13(16)10-5-3-4-6-10/h3-5,7-8H,6H2,1-2H3. The van der Waals surface area contributed by atoms with Crippen molar-refractivity contribution in [3.05, 3.63) is 52.9 Å². The van der Waals surface area contributed by atoms with Gasteiger partial charge in [-0.15, -0.1) is 0 Å². The van der Waals surface area contributed by atoms with E-state index in [1.165, 1.54) is 19.2 Å². The summed E-state index contributed by atoms with van der Waals surface area (Å²) in [4.78, 5) is 12.2. The van der Waals surface area contributed by atoms with E-state index >= 15 is 0 Å². The van der Waals surface area contributed by atoms with E-state index in [-0.39, 0.29) is 5.78 Å². The molecule has 0 unspecified atom stereocenters. The summed E-state index contributed by atoms with van der Waals surface area (Å²) in [6.07, 6.45) is 6.07. The lowest BCUT2D eigenvalue weighted by Gasteiger charge is -2.11. The molecule has 3 heteroatoms. The normalized spacial score (nSPS) is 13.7. The van der Waals surface area contributed by atoms with Crippen LogP contribution < -0.4 is 4.74 Å². The second-order valence-corrected chi connectivity index (χ2v) is 3.96. The number of rotatable bonds is 3. The largest absolute Gasteiger partial charge is 0.496 e. The van der Waals surface area contributed by atoms with E-state index in [0.29, 0.717) is 28.9 Å². The summed E-state index contributed by atoms with van der Waals surface area (Å²) in [5, 5.41) is 0. The minimum absolute atomic E-state index is 0.172. The van der Waals surface area contributed by atoms with Gasteiger partial charge in [0.05, 0.1) is 12.7 Å². The Bertz CT molecular complexity index is 527. The van der Waals surface area contributed by atoms with Crippen molar-refractivity contribution in [3.63, 3.8) is 0 Å². The quantitative estimate of drug-likeness (QED) is 0.748. The Morgan fingerprint density at radius 2 is 2.18 bits per heavy atom. The lowest BCUT2D eigenvalue weighted by molar-refractivity contribution is 0.102. The van der Waals surface area contributed by atoms with Crippen molar-refractivity contribution in [2.75, 3.05) is 7.11 Å². The highest BCUT2D eigenvalue weighted by molar-refractivity contribution is 6.11. The van der Waals surface area contributed by atoms with Gasteiger partial charge in [-0.05, 0) is 31.0 Å². The van der Waals surface area contributed by atoms with Crippen molar-refractivity contribution >= 4 is 5.78 Å².